The molecule has 0 aliphatic rings. The van der Waals surface area contributed by atoms with E-state index in [-0.39, 0.29) is 6.03 Å². The highest BCUT2D eigenvalue weighted by atomic mass is 35.5. The molecule has 1 aromatic heterocycles. The molecule has 0 unspecified atom stereocenters. The number of halogens is 2. The van der Waals surface area contributed by atoms with Crippen molar-refractivity contribution in [1.29, 1.82) is 0 Å². The first kappa shape index (κ1) is 18.0. The van der Waals surface area contributed by atoms with Crippen LogP contribution in [0.25, 0.3) is 0 Å². The molecule has 2 N–H and O–H groups in total. The molecule has 2 aromatic rings. The van der Waals surface area contributed by atoms with Crippen LogP contribution in [0.5, 0.6) is 0 Å². The second-order valence-electron chi connectivity index (χ2n) is 5.03. The van der Waals surface area contributed by atoms with Gasteiger partial charge in [-0.3, -0.25) is 5.32 Å². The molecule has 0 atom stereocenters. The molecule has 124 valence electrons. The van der Waals surface area contributed by atoms with Gasteiger partial charge < -0.3 is 10.2 Å². The summed E-state index contributed by atoms with van der Waals surface area (Å²) < 4.78 is 0. The second kappa shape index (κ2) is 8.49. The van der Waals surface area contributed by atoms with Gasteiger partial charge in [0.1, 0.15) is 0 Å². The maximum Gasteiger partial charge on any atom is 0.321 e. The Balaban J connectivity index is 1.83. The van der Waals surface area contributed by atoms with Gasteiger partial charge in [-0.15, -0.1) is 11.3 Å². The van der Waals surface area contributed by atoms with Gasteiger partial charge in [0.25, 0.3) is 0 Å². The van der Waals surface area contributed by atoms with Crippen molar-refractivity contribution in [2.24, 2.45) is 0 Å². The van der Waals surface area contributed by atoms with Gasteiger partial charge in [0.05, 0.1) is 15.7 Å². The highest BCUT2D eigenvalue weighted by Gasteiger charge is 2.08. The van der Waals surface area contributed by atoms with Crippen molar-refractivity contribution in [2.75, 3.05) is 18.9 Å². The summed E-state index contributed by atoms with van der Waals surface area (Å²) in [6.45, 7) is 4.16. The smallest absolute Gasteiger partial charge is 0.321 e. The molecule has 0 spiro atoms. The first-order valence-corrected chi connectivity index (χ1v) is 8.73. The highest BCUT2D eigenvalue weighted by molar-refractivity contribution is 7.13. The van der Waals surface area contributed by atoms with Crippen LogP contribution in [0.3, 0.4) is 0 Å². The third-order valence-electron chi connectivity index (χ3n) is 3.18. The summed E-state index contributed by atoms with van der Waals surface area (Å²) in [5.74, 6) is 0. The van der Waals surface area contributed by atoms with Crippen molar-refractivity contribution < 1.29 is 4.79 Å². The summed E-state index contributed by atoms with van der Waals surface area (Å²) in [6.07, 6.45) is 0. The van der Waals surface area contributed by atoms with E-state index in [0.717, 1.165) is 24.3 Å². The molecule has 0 bridgehead atoms. The van der Waals surface area contributed by atoms with Crippen LogP contribution < -0.4 is 10.6 Å². The van der Waals surface area contributed by atoms with E-state index in [9.17, 15) is 4.79 Å². The Kier molecular flexibility index (Phi) is 6.65. The van der Waals surface area contributed by atoms with Crippen molar-refractivity contribution >= 4 is 45.7 Å². The van der Waals surface area contributed by atoms with Crippen molar-refractivity contribution in [3.05, 3.63) is 44.9 Å². The number of hydrogen-bond acceptors (Lipinski definition) is 4. The van der Waals surface area contributed by atoms with Crippen LogP contribution in [0.4, 0.5) is 9.93 Å². The van der Waals surface area contributed by atoms with Crippen LogP contribution in [0.2, 0.25) is 10.0 Å². The maximum atomic E-state index is 11.9. The molecule has 0 saturated heterocycles. The number of anilines is 1. The molecule has 0 radical (unpaired) electrons. The Morgan fingerprint density at radius 3 is 2.83 bits per heavy atom. The van der Waals surface area contributed by atoms with E-state index in [1.807, 2.05) is 18.5 Å². The number of hydrogen-bond donors (Lipinski definition) is 2. The van der Waals surface area contributed by atoms with Gasteiger partial charge in [-0.05, 0) is 31.3 Å². The van der Waals surface area contributed by atoms with Crippen LogP contribution in [-0.2, 0) is 13.1 Å². The number of rotatable bonds is 6. The Labute approximate surface area is 149 Å². The number of aromatic nitrogens is 1. The summed E-state index contributed by atoms with van der Waals surface area (Å²) >= 11 is 13.2. The number of thiazole rings is 1. The molecule has 1 aromatic carbocycles. The van der Waals surface area contributed by atoms with Crippen LogP contribution >= 0.6 is 34.5 Å². The maximum absolute atomic E-state index is 11.9. The first-order chi connectivity index (χ1) is 11.0. The van der Waals surface area contributed by atoms with Crippen LogP contribution in [0.15, 0.2) is 23.6 Å². The molecule has 23 heavy (non-hydrogen) atoms. The standard InChI is InChI=1S/C15H18Cl2N4OS/c1-3-21(2)8-11-9-23-15(19-11)20-14(22)18-7-10-4-5-12(16)13(17)6-10/h4-6,9H,3,7-8H2,1-2H3,(H2,18,19,20,22). The summed E-state index contributed by atoms with van der Waals surface area (Å²) in [7, 11) is 2.02. The molecule has 0 aliphatic carbocycles. The zero-order chi connectivity index (χ0) is 16.8. The van der Waals surface area contributed by atoms with Gasteiger partial charge in [-0.1, -0.05) is 36.2 Å². The minimum Gasteiger partial charge on any atom is -0.334 e. The second-order valence-corrected chi connectivity index (χ2v) is 6.70. The number of amides is 2. The van der Waals surface area contributed by atoms with Crippen molar-refractivity contribution in [3.8, 4) is 0 Å². The number of benzene rings is 1. The van der Waals surface area contributed by atoms with Gasteiger partial charge in [0, 0.05) is 18.5 Å². The van der Waals surface area contributed by atoms with Gasteiger partial charge >= 0.3 is 6.03 Å². The molecular formula is C15H18Cl2N4OS. The quantitative estimate of drug-likeness (QED) is 0.797. The number of urea groups is 1. The van der Waals surface area contributed by atoms with E-state index in [0.29, 0.717) is 21.7 Å². The van der Waals surface area contributed by atoms with E-state index < -0.39 is 0 Å². The average Bonchev–Trinajstić information content (AvgIpc) is 2.95. The lowest BCUT2D eigenvalue weighted by atomic mass is 10.2. The monoisotopic (exact) mass is 372 g/mol. The summed E-state index contributed by atoms with van der Waals surface area (Å²) in [5.41, 5.74) is 1.82. The third kappa shape index (κ3) is 5.66. The predicted octanol–water partition coefficient (Wildman–Crippen LogP) is 4.22. The van der Waals surface area contributed by atoms with Gasteiger partial charge in [0.15, 0.2) is 5.13 Å². The zero-order valence-electron chi connectivity index (χ0n) is 12.9. The minimum atomic E-state index is -0.305. The number of nitrogens with zero attached hydrogens (tertiary/aromatic N) is 2. The zero-order valence-corrected chi connectivity index (χ0v) is 15.2. The SMILES string of the molecule is CCN(C)Cc1csc(NC(=O)NCc2ccc(Cl)c(Cl)c2)n1. The minimum absolute atomic E-state index is 0.305. The molecular weight excluding hydrogens is 355 g/mol. The lowest BCUT2D eigenvalue weighted by Gasteiger charge is -2.10. The topological polar surface area (TPSA) is 57.3 Å². The molecule has 2 amide bonds. The number of carbonyl (C=O) groups is 1. The van der Waals surface area contributed by atoms with Gasteiger partial charge in [-0.2, -0.15) is 0 Å². The van der Waals surface area contributed by atoms with Crippen molar-refractivity contribution in [1.82, 2.24) is 15.2 Å². The van der Waals surface area contributed by atoms with Crippen LogP contribution in [-0.4, -0.2) is 29.5 Å². The molecule has 1 heterocycles. The highest BCUT2D eigenvalue weighted by Crippen LogP contribution is 2.22. The molecule has 2 rings (SSSR count). The average molecular weight is 373 g/mol. The Morgan fingerprint density at radius 2 is 2.13 bits per heavy atom. The van der Waals surface area contributed by atoms with Gasteiger partial charge in [0.2, 0.25) is 0 Å². The molecule has 5 nitrogen and oxygen atoms in total. The largest absolute Gasteiger partial charge is 0.334 e. The fourth-order valence-corrected chi connectivity index (χ4v) is 2.82. The Bertz CT molecular complexity index is 677. The van der Waals surface area contributed by atoms with Crippen LogP contribution in [0, 0.1) is 0 Å². The summed E-state index contributed by atoms with van der Waals surface area (Å²) in [5, 5.41) is 8.98. The predicted molar refractivity (Wildman–Crippen MR) is 96.4 cm³/mol. The number of carbonyl (C=O) groups excluding carboxylic acids is 1. The Hall–Kier alpha value is -1.34. The van der Waals surface area contributed by atoms with E-state index in [1.165, 1.54) is 11.3 Å². The summed E-state index contributed by atoms with van der Waals surface area (Å²) in [6, 6.07) is 4.94. The van der Waals surface area contributed by atoms with E-state index >= 15 is 0 Å². The molecule has 8 heteroatoms. The van der Waals surface area contributed by atoms with E-state index in [1.54, 1.807) is 12.1 Å². The number of nitrogens with one attached hydrogen (secondary N) is 2. The fraction of sp³-hybridized carbons (Fsp3) is 0.333. The lowest BCUT2D eigenvalue weighted by molar-refractivity contribution is 0.251. The van der Waals surface area contributed by atoms with Crippen LogP contribution in [0.1, 0.15) is 18.2 Å². The van der Waals surface area contributed by atoms with E-state index in [2.05, 4.69) is 27.4 Å². The summed E-state index contributed by atoms with van der Waals surface area (Å²) in [4.78, 5) is 18.4. The van der Waals surface area contributed by atoms with Gasteiger partial charge in [-0.25, -0.2) is 9.78 Å². The lowest BCUT2D eigenvalue weighted by Crippen LogP contribution is -2.28. The third-order valence-corrected chi connectivity index (χ3v) is 4.73. The van der Waals surface area contributed by atoms with Crippen molar-refractivity contribution in [2.45, 2.75) is 20.0 Å². The molecule has 0 saturated carbocycles. The normalized spacial score (nSPS) is 10.8. The fourth-order valence-electron chi connectivity index (χ4n) is 1.80. The Morgan fingerprint density at radius 1 is 1.35 bits per heavy atom. The first-order valence-electron chi connectivity index (χ1n) is 7.09. The van der Waals surface area contributed by atoms with Crippen molar-refractivity contribution in [3.63, 3.8) is 0 Å². The molecule has 0 fully saturated rings. The molecule has 0 aliphatic heterocycles. The van der Waals surface area contributed by atoms with E-state index in [4.69, 9.17) is 23.2 Å².